The molecular weight excluding hydrogens is 304 g/mol. The molecule has 0 amide bonds. The minimum absolute atomic E-state index is 0.345. The first kappa shape index (κ1) is 17.9. The lowest BCUT2D eigenvalue weighted by atomic mass is 9.76. The summed E-state index contributed by atoms with van der Waals surface area (Å²) in [6.07, 6.45) is -3.39. The molecule has 1 aliphatic rings. The fourth-order valence-corrected chi connectivity index (χ4v) is 2.24. The van der Waals surface area contributed by atoms with Gasteiger partial charge in [0.1, 0.15) is 0 Å². The quantitative estimate of drug-likeness (QED) is 0.418. The van der Waals surface area contributed by atoms with Crippen molar-refractivity contribution >= 4 is 23.9 Å². The van der Waals surface area contributed by atoms with Gasteiger partial charge in [-0.05, 0) is 0 Å². The first-order valence-corrected chi connectivity index (χ1v) is 6.08. The Morgan fingerprint density at radius 2 is 1.82 bits per heavy atom. The molecule has 0 aromatic heterocycles. The van der Waals surface area contributed by atoms with Crippen molar-refractivity contribution in [1.29, 1.82) is 0 Å². The first-order chi connectivity index (χ1) is 10.2. The number of aliphatic hydroxyl groups excluding tert-OH is 1. The summed E-state index contributed by atoms with van der Waals surface area (Å²) in [5.41, 5.74) is -5.85. The van der Waals surface area contributed by atoms with Gasteiger partial charge in [0.25, 0.3) is 5.60 Å². The monoisotopic (exact) mass is 320 g/mol. The van der Waals surface area contributed by atoms with E-state index < -0.39 is 47.6 Å². The van der Waals surface area contributed by atoms with Crippen molar-refractivity contribution in [1.82, 2.24) is 0 Å². The van der Waals surface area contributed by atoms with Crippen molar-refractivity contribution in [3.8, 4) is 0 Å². The van der Waals surface area contributed by atoms with Crippen LogP contribution in [0.2, 0.25) is 0 Å². The minimum Gasteiger partial charge on any atom is -0.467 e. The van der Waals surface area contributed by atoms with Gasteiger partial charge in [-0.3, -0.25) is 4.79 Å². The minimum atomic E-state index is -3.23. The van der Waals surface area contributed by atoms with Crippen LogP contribution in [0, 0.1) is 0 Å². The Kier molecular flexibility index (Phi) is 5.09. The maximum absolute atomic E-state index is 12.0. The number of rotatable bonds is 5. The molecule has 0 saturated carbocycles. The van der Waals surface area contributed by atoms with E-state index in [0.717, 1.165) is 21.3 Å². The smallest absolute Gasteiger partial charge is 0.354 e. The van der Waals surface area contributed by atoms with Gasteiger partial charge in [-0.15, -0.1) is 0 Å². The topological polar surface area (TPSA) is 146 Å². The van der Waals surface area contributed by atoms with Gasteiger partial charge in [-0.2, -0.15) is 0 Å². The third-order valence-electron chi connectivity index (χ3n) is 3.42. The van der Waals surface area contributed by atoms with Crippen LogP contribution < -0.4 is 0 Å². The highest BCUT2D eigenvalue weighted by molar-refractivity contribution is 6.00. The van der Waals surface area contributed by atoms with Crippen LogP contribution >= 0.6 is 0 Å². The average Bonchev–Trinajstić information content (AvgIpc) is 2.94. The molecule has 10 nitrogen and oxygen atoms in total. The van der Waals surface area contributed by atoms with Crippen molar-refractivity contribution in [2.45, 2.75) is 30.1 Å². The molecule has 0 bridgehead atoms. The highest BCUT2D eigenvalue weighted by atomic mass is 16.6. The van der Waals surface area contributed by atoms with E-state index in [1.807, 2.05) is 0 Å². The molecule has 22 heavy (non-hydrogen) atoms. The van der Waals surface area contributed by atoms with Crippen LogP contribution in [0.3, 0.4) is 0 Å². The van der Waals surface area contributed by atoms with Gasteiger partial charge in [0.15, 0.2) is 6.10 Å². The molecule has 124 valence electrons. The molecule has 3 atom stereocenters. The third-order valence-corrected chi connectivity index (χ3v) is 3.42. The predicted octanol–water partition coefficient (Wildman–Crippen LogP) is -2.33. The van der Waals surface area contributed by atoms with E-state index in [-0.39, 0.29) is 6.42 Å². The zero-order valence-corrected chi connectivity index (χ0v) is 12.2. The normalized spacial score (nSPS) is 24.7. The fourth-order valence-electron chi connectivity index (χ4n) is 2.24. The summed E-state index contributed by atoms with van der Waals surface area (Å²) in [6, 6.07) is 0. The highest BCUT2D eigenvalue weighted by Gasteiger charge is 2.72. The van der Waals surface area contributed by atoms with Crippen molar-refractivity contribution in [3.63, 3.8) is 0 Å². The van der Waals surface area contributed by atoms with Crippen LogP contribution in [-0.4, -0.2) is 72.7 Å². The van der Waals surface area contributed by atoms with Gasteiger partial charge in [0.05, 0.1) is 27.8 Å². The number of ether oxygens (including phenoxy) is 4. The highest BCUT2D eigenvalue weighted by Crippen LogP contribution is 2.41. The maximum atomic E-state index is 12.0. The Balaban J connectivity index is 3.52. The van der Waals surface area contributed by atoms with Crippen LogP contribution in [0.1, 0.15) is 12.8 Å². The molecule has 10 heteroatoms. The summed E-state index contributed by atoms with van der Waals surface area (Å²) in [4.78, 5) is 47.0. The Labute approximate surface area is 124 Å². The van der Waals surface area contributed by atoms with E-state index in [2.05, 4.69) is 14.2 Å². The Morgan fingerprint density at radius 1 is 1.23 bits per heavy atom. The fraction of sp³-hybridized carbons (Fsp3) is 0.667. The Bertz CT molecular complexity index is 500. The van der Waals surface area contributed by atoms with E-state index in [1.54, 1.807) is 0 Å². The maximum Gasteiger partial charge on any atom is 0.354 e. The van der Waals surface area contributed by atoms with Crippen LogP contribution in [0.4, 0.5) is 0 Å². The summed E-state index contributed by atoms with van der Waals surface area (Å²) >= 11 is 0. The van der Waals surface area contributed by atoms with E-state index in [9.17, 15) is 29.4 Å². The lowest BCUT2D eigenvalue weighted by Crippen LogP contribution is -2.71. The molecule has 1 fully saturated rings. The van der Waals surface area contributed by atoms with E-state index in [4.69, 9.17) is 4.74 Å². The van der Waals surface area contributed by atoms with Crippen LogP contribution in [-0.2, 0) is 38.1 Å². The summed E-state index contributed by atoms with van der Waals surface area (Å²) in [7, 11) is 2.65. The van der Waals surface area contributed by atoms with E-state index >= 15 is 0 Å². The molecule has 0 aromatic carbocycles. The number of cyclic esters (lactones) is 1. The SMILES string of the molecule is COC(=O)[C@H](O)[C@@](O)(C(=O)OC)[C@@]1(C(=O)OC)CCC(=O)O1. The van der Waals surface area contributed by atoms with Gasteiger partial charge < -0.3 is 29.2 Å². The largest absolute Gasteiger partial charge is 0.467 e. The zero-order chi connectivity index (χ0) is 17.1. The number of hydrogen-bond acceptors (Lipinski definition) is 10. The number of hydrogen-bond donors (Lipinski definition) is 2. The lowest BCUT2D eigenvalue weighted by Gasteiger charge is -2.39. The molecule has 0 aromatic rings. The molecule has 1 heterocycles. The van der Waals surface area contributed by atoms with Gasteiger partial charge >= 0.3 is 23.9 Å². The van der Waals surface area contributed by atoms with Gasteiger partial charge in [0, 0.05) is 6.42 Å². The number of methoxy groups -OCH3 is 3. The summed E-state index contributed by atoms with van der Waals surface area (Å²) < 4.78 is 17.8. The zero-order valence-electron chi connectivity index (χ0n) is 12.2. The molecule has 0 aliphatic carbocycles. The van der Waals surface area contributed by atoms with E-state index in [0.29, 0.717) is 0 Å². The van der Waals surface area contributed by atoms with Gasteiger partial charge in [-0.25, -0.2) is 14.4 Å². The van der Waals surface area contributed by atoms with Crippen molar-refractivity contribution in [2.75, 3.05) is 21.3 Å². The van der Waals surface area contributed by atoms with Crippen LogP contribution in [0.15, 0.2) is 0 Å². The van der Waals surface area contributed by atoms with Crippen LogP contribution in [0.5, 0.6) is 0 Å². The molecule has 2 N–H and O–H groups in total. The molecule has 1 rings (SSSR count). The molecule has 0 unspecified atom stereocenters. The van der Waals surface area contributed by atoms with Crippen molar-refractivity contribution < 1.29 is 48.3 Å². The second-order valence-electron chi connectivity index (χ2n) is 4.48. The first-order valence-electron chi connectivity index (χ1n) is 6.08. The number of carbonyl (C=O) groups excluding carboxylic acids is 4. The van der Waals surface area contributed by atoms with Gasteiger partial charge in [-0.1, -0.05) is 0 Å². The lowest BCUT2D eigenvalue weighted by molar-refractivity contribution is -0.234. The second-order valence-corrected chi connectivity index (χ2v) is 4.48. The predicted molar refractivity (Wildman–Crippen MR) is 65.1 cm³/mol. The van der Waals surface area contributed by atoms with Crippen molar-refractivity contribution in [2.24, 2.45) is 0 Å². The summed E-state index contributed by atoms with van der Waals surface area (Å²) in [6.45, 7) is 0. The third kappa shape index (κ3) is 2.40. The van der Waals surface area contributed by atoms with E-state index in [1.165, 1.54) is 0 Å². The number of carbonyl (C=O) groups is 4. The molecular formula is C12H16O10. The summed E-state index contributed by atoms with van der Waals surface area (Å²) in [5.74, 6) is -5.25. The average molecular weight is 320 g/mol. The number of esters is 4. The van der Waals surface area contributed by atoms with Crippen LogP contribution in [0.25, 0.3) is 0 Å². The Morgan fingerprint density at radius 3 is 2.18 bits per heavy atom. The number of aliphatic hydroxyl groups is 2. The molecule has 0 radical (unpaired) electrons. The summed E-state index contributed by atoms with van der Waals surface area (Å²) in [5, 5.41) is 20.6. The molecule has 0 spiro atoms. The van der Waals surface area contributed by atoms with Gasteiger partial charge in [0.2, 0.25) is 5.60 Å². The Hall–Kier alpha value is -2.20. The molecule has 1 aliphatic heterocycles. The molecule has 1 saturated heterocycles. The second kappa shape index (κ2) is 6.28. The van der Waals surface area contributed by atoms with Crippen molar-refractivity contribution in [3.05, 3.63) is 0 Å². The standard InChI is InChI=1S/C12H16O10/c1-19-8(15)7(14)12(18,10(17)21-3)11(9(16)20-2)5-4-6(13)22-11/h7,14,18H,4-5H2,1-3H3/t7-,11-,12+/m0/s1.